The number of amides is 2. The zero-order valence-electron chi connectivity index (χ0n) is 46.0. The highest BCUT2D eigenvalue weighted by atomic mass is 16.5. The van der Waals surface area contributed by atoms with Crippen LogP contribution in [0.3, 0.4) is 0 Å². The molecule has 0 aliphatic heterocycles. The molecule has 2 N–H and O–H groups in total. The first kappa shape index (κ1) is 52.6. The van der Waals surface area contributed by atoms with Crippen LogP contribution in [-0.2, 0) is 9.59 Å². The van der Waals surface area contributed by atoms with Crippen molar-refractivity contribution in [3.05, 3.63) is 210 Å². The molecule has 0 unspecified atom stereocenters. The molecular weight excluding hydrogens is 1000 g/mol. The monoisotopic (exact) mass is 1060 g/mol. The summed E-state index contributed by atoms with van der Waals surface area (Å²) in [6.45, 7) is 22.9. The minimum absolute atomic E-state index is 0.0657. The molecule has 0 saturated heterocycles. The molecule has 12 heteroatoms. The summed E-state index contributed by atoms with van der Waals surface area (Å²) in [7, 11) is 0. The quantitative estimate of drug-likeness (QED) is 0.0620. The molecule has 80 heavy (non-hydrogen) atoms. The Hall–Kier alpha value is -9.42. The van der Waals surface area contributed by atoms with Gasteiger partial charge in [0.15, 0.2) is 13.5 Å². The van der Waals surface area contributed by atoms with Crippen LogP contribution in [0.4, 0.5) is 0 Å². The normalized spacial score (nSPS) is 11.9. The summed E-state index contributed by atoms with van der Waals surface area (Å²) in [5.74, 6) is 0.0207. The number of rotatable bonds is 14. The molecule has 0 bridgehead atoms. The van der Waals surface area contributed by atoms with Crippen molar-refractivity contribution in [2.45, 2.75) is 79.1 Å². The van der Waals surface area contributed by atoms with Crippen LogP contribution in [0.2, 0.25) is 0 Å². The van der Waals surface area contributed by atoms with Gasteiger partial charge in [0.1, 0.15) is 11.5 Å². The average Bonchev–Trinajstić information content (AvgIpc) is 3.94. The van der Waals surface area contributed by atoms with Crippen molar-refractivity contribution in [2.24, 2.45) is 0 Å². The molecule has 2 heterocycles. The minimum Gasteiger partial charge on any atom is -0.473 e. The SMILES string of the molecule is C=CC(=O)NCOc1cc(C(C)C)c(-n2c(=O)c3cc4cc5cc6ccc7cc8cc9cc%10c(=O)n(-c%11c(C(C)C)cc(OCNC(=O)C=C)cc%11C(C)C)c(=O)c%10cc9cc8cc7ccc6cc5cc4cc3c2=O)c(C(C)C)c1. The van der Waals surface area contributed by atoms with Gasteiger partial charge in [0.05, 0.1) is 32.9 Å². The van der Waals surface area contributed by atoms with Crippen molar-refractivity contribution in [1.29, 1.82) is 0 Å². The summed E-state index contributed by atoms with van der Waals surface area (Å²) >= 11 is 0. The van der Waals surface area contributed by atoms with Crippen LogP contribution in [0.1, 0.15) is 101 Å². The molecule has 0 fully saturated rings. The molecule has 11 rings (SSSR count). The van der Waals surface area contributed by atoms with E-state index in [1.54, 1.807) is 0 Å². The second kappa shape index (κ2) is 20.4. The van der Waals surface area contributed by atoms with Crippen molar-refractivity contribution in [2.75, 3.05) is 13.5 Å². The number of nitrogens with one attached hydrogen (secondary N) is 2. The standard InChI is InChI=1S/C68H60N4O8/c1-11-61(73)69-33-79-51-29-53(35(3)4)63(54(30-51)36(5)6)71-65(75)57-25-47-21-43-17-39-13-15-41-19-45-23-49-27-59-60(28-50(49)24-46(45)20-42(41)16-14-40(39)18-44(43)22-48(47)26-58(57)66(71)76)68(78)72(67(59)77)64-55(37(7)8)31-52(32-56(64)38(9)10)80-34-70-62(74)12-2/h11-32,35-38H,1-2,33-34H2,3-10H3,(H,69,73)(H,70,74). The van der Waals surface area contributed by atoms with E-state index in [4.69, 9.17) is 9.47 Å². The molecule has 0 radical (unpaired) electrons. The van der Waals surface area contributed by atoms with Crippen LogP contribution in [0, 0.1) is 0 Å². The third kappa shape index (κ3) is 9.19. The Kier molecular flexibility index (Phi) is 13.4. The smallest absolute Gasteiger partial charge is 0.266 e. The lowest BCUT2D eigenvalue weighted by atomic mass is 9.92. The Bertz CT molecular complexity index is 4180. The van der Waals surface area contributed by atoms with E-state index in [-0.39, 0.29) is 71.2 Å². The molecule has 2 amide bonds. The highest BCUT2D eigenvalue weighted by molar-refractivity contribution is 6.10. The second-order valence-electron chi connectivity index (χ2n) is 22.0. The Labute approximate surface area is 460 Å². The number of carbonyl (C=O) groups is 2. The summed E-state index contributed by atoms with van der Waals surface area (Å²) in [6.07, 6.45) is 2.35. The fourth-order valence-electron chi connectivity index (χ4n) is 11.3. The van der Waals surface area contributed by atoms with Crippen LogP contribution in [0.5, 0.6) is 11.5 Å². The van der Waals surface area contributed by atoms with E-state index in [1.165, 1.54) is 21.3 Å². The second-order valence-corrected chi connectivity index (χ2v) is 22.0. The largest absolute Gasteiger partial charge is 0.473 e. The van der Waals surface area contributed by atoms with Crippen molar-refractivity contribution < 1.29 is 19.1 Å². The van der Waals surface area contributed by atoms with E-state index < -0.39 is 0 Å². The third-order valence-corrected chi connectivity index (χ3v) is 15.4. The maximum atomic E-state index is 14.5. The van der Waals surface area contributed by atoms with E-state index in [9.17, 15) is 28.8 Å². The number of aromatic nitrogens is 2. The highest BCUT2D eigenvalue weighted by Crippen LogP contribution is 2.38. The zero-order chi connectivity index (χ0) is 56.6. The molecule has 0 aliphatic carbocycles. The van der Waals surface area contributed by atoms with Gasteiger partial charge >= 0.3 is 0 Å². The first-order valence-electron chi connectivity index (χ1n) is 27.0. The van der Waals surface area contributed by atoms with Gasteiger partial charge in [-0.2, -0.15) is 0 Å². The van der Waals surface area contributed by atoms with Crippen LogP contribution in [-0.4, -0.2) is 34.4 Å². The number of ether oxygens (including phenoxy) is 2. The fraction of sp³-hybridized carbons (Fsp3) is 0.206. The van der Waals surface area contributed by atoms with Crippen LogP contribution in [0.25, 0.3) is 97.6 Å². The predicted molar refractivity (Wildman–Crippen MR) is 325 cm³/mol. The third-order valence-electron chi connectivity index (χ3n) is 15.4. The molecule has 400 valence electrons. The molecule has 2 aromatic heterocycles. The molecule has 0 atom stereocenters. The maximum absolute atomic E-state index is 14.5. The average molecular weight is 1060 g/mol. The number of benzene rings is 8. The van der Waals surface area contributed by atoms with Gasteiger partial charge < -0.3 is 20.1 Å². The first-order chi connectivity index (χ1) is 38.3. The van der Waals surface area contributed by atoms with Gasteiger partial charge in [-0.15, -0.1) is 0 Å². The molecule has 11 aromatic rings. The van der Waals surface area contributed by atoms with Gasteiger partial charge in [0.2, 0.25) is 11.8 Å². The number of nitrogens with zero attached hydrogens (tertiary/aromatic N) is 2. The summed E-state index contributed by atoms with van der Waals surface area (Å²) in [4.78, 5) is 81.8. The summed E-state index contributed by atoms with van der Waals surface area (Å²) < 4.78 is 14.5. The highest BCUT2D eigenvalue weighted by Gasteiger charge is 2.26. The van der Waals surface area contributed by atoms with Crippen molar-refractivity contribution >= 4 is 98.0 Å². The van der Waals surface area contributed by atoms with Gasteiger partial charge in [-0.05, 0) is 220 Å². The van der Waals surface area contributed by atoms with Gasteiger partial charge in [0.25, 0.3) is 22.2 Å². The number of fused-ring (bicyclic) bond motifs is 8. The van der Waals surface area contributed by atoms with E-state index >= 15 is 0 Å². The summed E-state index contributed by atoms with van der Waals surface area (Å²) in [5.41, 5.74) is 2.71. The van der Waals surface area contributed by atoms with Crippen LogP contribution >= 0.6 is 0 Å². The van der Waals surface area contributed by atoms with E-state index in [0.717, 1.165) is 86.9 Å². The van der Waals surface area contributed by atoms with E-state index in [2.05, 4.69) is 96.6 Å². The van der Waals surface area contributed by atoms with E-state index in [0.29, 0.717) is 44.4 Å². The van der Waals surface area contributed by atoms with Crippen molar-refractivity contribution in [3.63, 3.8) is 0 Å². The Balaban J connectivity index is 0.978. The Morgan fingerprint density at radius 1 is 0.388 bits per heavy atom. The lowest BCUT2D eigenvalue weighted by Gasteiger charge is -2.21. The maximum Gasteiger partial charge on any atom is 0.266 e. The van der Waals surface area contributed by atoms with Crippen LogP contribution in [0.15, 0.2) is 166 Å². The zero-order valence-corrected chi connectivity index (χ0v) is 46.0. The Morgan fingerprint density at radius 2 is 0.613 bits per heavy atom. The Morgan fingerprint density at radius 3 is 0.838 bits per heavy atom. The number of hydrogen-bond acceptors (Lipinski definition) is 8. The van der Waals surface area contributed by atoms with Crippen molar-refractivity contribution in [1.82, 2.24) is 19.8 Å². The van der Waals surface area contributed by atoms with Gasteiger partial charge in [-0.25, -0.2) is 9.13 Å². The van der Waals surface area contributed by atoms with Crippen molar-refractivity contribution in [3.8, 4) is 22.9 Å². The predicted octanol–water partition coefficient (Wildman–Crippen LogP) is 13.1. The lowest BCUT2D eigenvalue weighted by molar-refractivity contribution is -0.118. The summed E-state index contributed by atoms with van der Waals surface area (Å²) in [6, 6.07) is 40.1. The molecule has 0 spiro atoms. The molecule has 0 saturated carbocycles. The molecule has 0 aliphatic rings. The minimum atomic E-state index is -0.382. The first-order valence-corrected chi connectivity index (χ1v) is 27.0. The fourth-order valence-corrected chi connectivity index (χ4v) is 11.3. The summed E-state index contributed by atoms with van der Waals surface area (Å²) in [5, 5.41) is 18.0. The number of carbonyl (C=O) groups excluding carboxylic acids is 2. The molecule has 9 aromatic carbocycles. The lowest BCUT2D eigenvalue weighted by Crippen LogP contribution is -2.27. The van der Waals surface area contributed by atoms with E-state index in [1.807, 2.05) is 104 Å². The molecule has 12 nitrogen and oxygen atoms in total. The van der Waals surface area contributed by atoms with Crippen LogP contribution < -0.4 is 42.3 Å². The van der Waals surface area contributed by atoms with Gasteiger partial charge in [0, 0.05) is 0 Å². The molecular formula is C68H60N4O8. The number of hydrogen-bond donors (Lipinski definition) is 2. The topological polar surface area (TPSA) is 155 Å². The van der Waals surface area contributed by atoms with Gasteiger partial charge in [-0.1, -0.05) is 92.8 Å². The van der Waals surface area contributed by atoms with Gasteiger partial charge in [-0.3, -0.25) is 28.8 Å².